The topological polar surface area (TPSA) is 56.8 Å². The number of methoxy groups -OCH3 is 1. The lowest BCUT2D eigenvalue weighted by Gasteiger charge is -2.23. The maximum absolute atomic E-state index is 12.9. The minimum Gasteiger partial charge on any atom is -0.497 e. The Balaban J connectivity index is 1.66. The van der Waals surface area contributed by atoms with Crippen LogP contribution in [0.5, 0.6) is 11.5 Å². The van der Waals surface area contributed by atoms with Crippen molar-refractivity contribution in [1.82, 2.24) is 5.32 Å². The highest BCUT2D eigenvalue weighted by molar-refractivity contribution is 5.76. The van der Waals surface area contributed by atoms with Crippen molar-refractivity contribution in [2.45, 2.75) is 25.3 Å². The molecule has 2 aromatic rings. The Labute approximate surface area is 159 Å². The van der Waals surface area contributed by atoms with Crippen molar-refractivity contribution in [2.75, 3.05) is 26.9 Å². The first kappa shape index (κ1) is 17.9. The molecule has 27 heavy (non-hydrogen) atoms. The summed E-state index contributed by atoms with van der Waals surface area (Å²) in [5, 5.41) is 3.54. The summed E-state index contributed by atoms with van der Waals surface area (Å²) in [6.45, 7) is 3.71. The van der Waals surface area contributed by atoms with Gasteiger partial charge in [-0.2, -0.15) is 0 Å². The number of esters is 1. The SMILES string of the molecule is CCOC(=O)[C@H]1[C@@H](c2ccc3c(c2)CCO3)CN[C@H]1c1ccc(OC)cc1. The van der Waals surface area contributed by atoms with E-state index in [4.69, 9.17) is 14.2 Å². The van der Waals surface area contributed by atoms with E-state index >= 15 is 0 Å². The van der Waals surface area contributed by atoms with Gasteiger partial charge in [-0.15, -0.1) is 0 Å². The lowest BCUT2D eigenvalue weighted by molar-refractivity contribution is -0.148. The molecule has 2 aromatic carbocycles. The highest BCUT2D eigenvalue weighted by atomic mass is 16.5. The van der Waals surface area contributed by atoms with Gasteiger partial charge >= 0.3 is 5.97 Å². The molecule has 2 aliphatic rings. The molecule has 4 rings (SSSR count). The van der Waals surface area contributed by atoms with Crippen LogP contribution in [0.3, 0.4) is 0 Å². The maximum atomic E-state index is 12.9. The van der Waals surface area contributed by atoms with E-state index in [2.05, 4.69) is 17.4 Å². The Hall–Kier alpha value is -2.53. The Morgan fingerprint density at radius 2 is 1.96 bits per heavy atom. The van der Waals surface area contributed by atoms with Gasteiger partial charge in [0.2, 0.25) is 0 Å². The molecule has 0 saturated carbocycles. The normalized spacial score (nSPS) is 23.6. The predicted molar refractivity (Wildman–Crippen MR) is 102 cm³/mol. The average molecular weight is 367 g/mol. The highest BCUT2D eigenvalue weighted by Crippen LogP contribution is 2.42. The molecule has 0 amide bonds. The molecule has 3 atom stereocenters. The quantitative estimate of drug-likeness (QED) is 0.823. The molecule has 0 spiro atoms. The number of benzene rings is 2. The molecule has 1 saturated heterocycles. The molecular formula is C22H25NO4. The minimum absolute atomic E-state index is 0.0713. The zero-order valence-corrected chi connectivity index (χ0v) is 15.7. The monoisotopic (exact) mass is 367 g/mol. The van der Waals surface area contributed by atoms with Crippen LogP contribution in [0.15, 0.2) is 42.5 Å². The van der Waals surface area contributed by atoms with Crippen molar-refractivity contribution in [3.05, 3.63) is 59.2 Å². The summed E-state index contributed by atoms with van der Waals surface area (Å²) in [5.74, 6) is 1.43. The lowest BCUT2D eigenvalue weighted by atomic mass is 9.82. The first-order valence-corrected chi connectivity index (χ1v) is 9.51. The predicted octanol–water partition coefficient (Wildman–Crippen LogP) is 3.24. The van der Waals surface area contributed by atoms with E-state index in [0.29, 0.717) is 6.61 Å². The van der Waals surface area contributed by atoms with Crippen molar-refractivity contribution < 1.29 is 19.0 Å². The Bertz CT molecular complexity index is 818. The first-order valence-electron chi connectivity index (χ1n) is 9.51. The van der Waals surface area contributed by atoms with Gasteiger partial charge in [-0.25, -0.2) is 0 Å². The van der Waals surface area contributed by atoms with E-state index in [1.54, 1.807) is 7.11 Å². The summed E-state index contributed by atoms with van der Waals surface area (Å²) < 4.78 is 16.3. The summed E-state index contributed by atoms with van der Waals surface area (Å²) in [4.78, 5) is 12.9. The second-order valence-electron chi connectivity index (χ2n) is 7.01. The van der Waals surface area contributed by atoms with Gasteiger partial charge in [0.05, 0.1) is 26.2 Å². The van der Waals surface area contributed by atoms with Crippen LogP contribution in [0.2, 0.25) is 0 Å². The van der Waals surface area contributed by atoms with Crippen LogP contribution in [0, 0.1) is 5.92 Å². The zero-order chi connectivity index (χ0) is 18.8. The Morgan fingerprint density at radius 3 is 2.70 bits per heavy atom. The van der Waals surface area contributed by atoms with Gasteiger partial charge in [0.15, 0.2) is 0 Å². The molecule has 1 N–H and O–H groups in total. The number of hydrogen-bond acceptors (Lipinski definition) is 5. The molecule has 2 heterocycles. The van der Waals surface area contributed by atoms with Crippen molar-refractivity contribution in [3.63, 3.8) is 0 Å². The number of rotatable bonds is 5. The van der Waals surface area contributed by atoms with Crippen LogP contribution in [-0.2, 0) is 16.0 Å². The van der Waals surface area contributed by atoms with Crippen LogP contribution < -0.4 is 14.8 Å². The number of ether oxygens (including phenoxy) is 3. The van der Waals surface area contributed by atoms with Gasteiger partial charge in [-0.3, -0.25) is 4.79 Å². The molecule has 0 bridgehead atoms. The van der Waals surface area contributed by atoms with Crippen LogP contribution in [0.1, 0.15) is 35.6 Å². The Kier molecular flexibility index (Phi) is 5.03. The molecule has 142 valence electrons. The summed E-state index contributed by atoms with van der Waals surface area (Å²) in [6, 6.07) is 14.1. The van der Waals surface area contributed by atoms with Gasteiger partial charge in [0.25, 0.3) is 0 Å². The number of carbonyl (C=O) groups excluding carboxylic acids is 1. The van der Waals surface area contributed by atoms with E-state index in [-0.39, 0.29) is 23.8 Å². The van der Waals surface area contributed by atoms with Gasteiger partial charge < -0.3 is 19.5 Å². The summed E-state index contributed by atoms with van der Waals surface area (Å²) >= 11 is 0. The van der Waals surface area contributed by atoms with E-state index in [0.717, 1.165) is 36.6 Å². The molecule has 0 aliphatic carbocycles. The third-order valence-electron chi connectivity index (χ3n) is 5.53. The third kappa shape index (κ3) is 3.39. The van der Waals surface area contributed by atoms with Crippen molar-refractivity contribution in [3.8, 4) is 11.5 Å². The van der Waals surface area contributed by atoms with Gasteiger partial charge in [-0.1, -0.05) is 24.3 Å². The van der Waals surface area contributed by atoms with Crippen molar-refractivity contribution >= 4 is 5.97 Å². The fraction of sp³-hybridized carbons (Fsp3) is 0.409. The fourth-order valence-electron chi connectivity index (χ4n) is 4.18. The van der Waals surface area contributed by atoms with E-state index < -0.39 is 0 Å². The van der Waals surface area contributed by atoms with Crippen molar-refractivity contribution in [2.24, 2.45) is 5.92 Å². The molecule has 2 aliphatic heterocycles. The summed E-state index contributed by atoms with van der Waals surface area (Å²) in [7, 11) is 1.65. The fourth-order valence-corrected chi connectivity index (χ4v) is 4.18. The second-order valence-corrected chi connectivity index (χ2v) is 7.01. The molecular weight excluding hydrogens is 342 g/mol. The number of fused-ring (bicyclic) bond motifs is 1. The molecule has 5 heteroatoms. The van der Waals surface area contributed by atoms with E-state index in [1.165, 1.54) is 11.1 Å². The zero-order valence-electron chi connectivity index (χ0n) is 15.7. The van der Waals surface area contributed by atoms with Crippen LogP contribution in [0.4, 0.5) is 0 Å². The number of carbonyl (C=O) groups is 1. The van der Waals surface area contributed by atoms with Crippen molar-refractivity contribution in [1.29, 1.82) is 0 Å². The first-order chi connectivity index (χ1) is 13.2. The average Bonchev–Trinajstić information content (AvgIpc) is 3.34. The molecule has 1 fully saturated rings. The van der Waals surface area contributed by atoms with Crippen LogP contribution >= 0.6 is 0 Å². The minimum atomic E-state index is -0.265. The molecule has 0 radical (unpaired) electrons. The Morgan fingerprint density at radius 1 is 1.19 bits per heavy atom. The molecule has 0 unspecified atom stereocenters. The van der Waals surface area contributed by atoms with Gasteiger partial charge in [-0.05, 0) is 41.8 Å². The number of nitrogens with one attached hydrogen (secondary N) is 1. The number of hydrogen-bond donors (Lipinski definition) is 1. The molecule has 0 aromatic heterocycles. The van der Waals surface area contributed by atoms with Gasteiger partial charge in [0, 0.05) is 24.9 Å². The van der Waals surface area contributed by atoms with E-state index in [9.17, 15) is 4.79 Å². The molecule has 5 nitrogen and oxygen atoms in total. The third-order valence-corrected chi connectivity index (χ3v) is 5.53. The highest BCUT2D eigenvalue weighted by Gasteiger charge is 2.43. The largest absolute Gasteiger partial charge is 0.497 e. The van der Waals surface area contributed by atoms with E-state index in [1.807, 2.05) is 37.3 Å². The van der Waals surface area contributed by atoms with Gasteiger partial charge in [0.1, 0.15) is 11.5 Å². The smallest absolute Gasteiger partial charge is 0.311 e. The maximum Gasteiger partial charge on any atom is 0.311 e. The lowest BCUT2D eigenvalue weighted by Crippen LogP contribution is -2.27. The van der Waals surface area contributed by atoms with Crippen LogP contribution in [0.25, 0.3) is 0 Å². The second kappa shape index (κ2) is 7.61. The summed E-state index contributed by atoms with van der Waals surface area (Å²) in [5.41, 5.74) is 3.46. The standard InChI is InChI=1S/C22H25NO4/c1-3-26-22(24)20-18(15-6-9-19-16(12-15)10-11-27-19)13-23-21(20)14-4-7-17(25-2)8-5-14/h4-9,12,18,20-21,23H,3,10-11,13H2,1-2H3/t18-,20+,21+/m1/s1. The summed E-state index contributed by atoms with van der Waals surface area (Å²) in [6.07, 6.45) is 0.926. The van der Waals surface area contributed by atoms with Crippen LogP contribution in [-0.4, -0.2) is 32.8 Å².